The number of nitrogens with one attached hydrogen (secondary N) is 2. The molecular formula is C21H20ClN7O. The van der Waals surface area contributed by atoms with E-state index in [4.69, 9.17) is 11.6 Å². The van der Waals surface area contributed by atoms with Gasteiger partial charge in [-0.1, -0.05) is 17.7 Å². The second-order valence-electron chi connectivity index (χ2n) is 7.39. The van der Waals surface area contributed by atoms with E-state index in [2.05, 4.69) is 25.7 Å². The molecule has 2 atom stereocenters. The Morgan fingerprint density at radius 3 is 2.70 bits per heavy atom. The van der Waals surface area contributed by atoms with Gasteiger partial charge in [0.1, 0.15) is 5.82 Å². The average molecular weight is 422 g/mol. The number of anilines is 2. The summed E-state index contributed by atoms with van der Waals surface area (Å²) < 4.78 is 3.28. The van der Waals surface area contributed by atoms with Gasteiger partial charge in [-0.05, 0) is 43.5 Å². The van der Waals surface area contributed by atoms with Gasteiger partial charge in [0.2, 0.25) is 5.95 Å². The summed E-state index contributed by atoms with van der Waals surface area (Å²) in [7, 11) is 0. The van der Waals surface area contributed by atoms with Gasteiger partial charge in [0.25, 0.3) is 5.56 Å². The summed E-state index contributed by atoms with van der Waals surface area (Å²) in [4.78, 5) is 20.9. The zero-order valence-corrected chi connectivity index (χ0v) is 16.8. The lowest BCUT2D eigenvalue weighted by molar-refractivity contribution is 0.716. The van der Waals surface area contributed by atoms with Crippen LogP contribution in [0.2, 0.25) is 5.02 Å². The lowest BCUT2D eigenvalue weighted by Crippen LogP contribution is -2.21. The minimum Gasteiger partial charge on any atom is -0.367 e. The van der Waals surface area contributed by atoms with E-state index in [9.17, 15) is 4.79 Å². The minimum atomic E-state index is -0.0763. The maximum atomic E-state index is 11.9. The molecule has 0 bridgehead atoms. The zero-order valence-electron chi connectivity index (χ0n) is 16.1. The lowest BCUT2D eigenvalue weighted by Gasteiger charge is -2.15. The van der Waals surface area contributed by atoms with E-state index in [0.717, 1.165) is 36.4 Å². The number of fused-ring (bicyclic) bond motifs is 1. The molecule has 0 unspecified atom stereocenters. The standard InChI is InChI=1S/C21H20ClN7O/c22-14-8-10-29-19(11-14)26-21(27-29)25-16-5-4-15(12-16)24-18-7-6-17(13-23-18)28-9-2-1-3-20(28)30/h1-3,6-11,13,15-16H,4-5,12H2,(H,23,24)(H,25,27)/t15-,16-/m0/s1. The molecule has 0 radical (unpaired) electrons. The van der Waals surface area contributed by atoms with Crippen LogP contribution in [0, 0.1) is 0 Å². The first-order valence-corrected chi connectivity index (χ1v) is 10.2. The SMILES string of the molecule is O=c1ccccn1-c1ccc(N[C@H]2CC[C@H](Nc3nc4cc(Cl)ccn4n3)C2)nc1. The van der Waals surface area contributed by atoms with Crippen LogP contribution in [0.4, 0.5) is 11.8 Å². The Hall–Kier alpha value is -3.39. The molecule has 5 rings (SSSR count). The first-order chi connectivity index (χ1) is 14.6. The van der Waals surface area contributed by atoms with Gasteiger partial charge >= 0.3 is 0 Å². The van der Waals surface area contributed by atoms with Crippen LogP contribution in [0.25, 0.3) is 11.3 Å². The summed E-state index contributed by atoms with van der Waals surface area (Å²) in [5.74, 6) is 1.41. The van der Waals surface area contributed by atoms with Crippen molar-refractivity contribution in [2.75, 3.05) is 10.6 Å². The van der Waals surface area contributed by atoms with E-state index < -0.39 is 0 Å². The molecule has 1 saturated carbocycles. The number of halogens is 1. The summed E-state index contributed by atoms with van der Waals surface area (Å²) in [6.07, 6.45) is 8.23. The van der Waals surface area contributed by atoms with Crippen molar-refractivity contribution in [3.8, 4) is 5.69 Å². The van der Waals surface area contributed by atoms with Crippen molar-refractivity contribution in [3.63, 3.8) is 0 Å². The molecule has 8 nitrogen and oxygen atoms in total. The molecule has 4 heterocycles. The first kappa shape index (κ1) is 18.6. The fourth-order valence-electron chi connectivity index (χ4n) is 3.81. The van der Waals surface area contributed by atoms with Crippen molar-refractivity contribution in [2.45, 2.75) is 31.3 Å². The maximum Gasteiger partial charge on any atom is 0.255 e. The normalized spacial score (nSPS) is 18.6. The van der Waals surface area contributed by atoms with Crippen LogP contribution in [0.1, 0.15) is 19.3 Å². The second kappa shape index (κ2) is 7.79. The largest absolute Gasteiger partial charge is 0.367 e. The van der Waals surface area contributed by atoms with Crippen molar-refractivity contribution in [3.05, 3.63) is 76.4 Å². The Balaban J connectivity index is 1.21. The van der Waals surface area contributed by atoms with Crippen molar-refractivity contribution >= 4 is 29.0 Å². The van der Waals surface area contributed by atoms with Crippen LogP contribution >= 0.6 is 11.6 Å². The molecule has 1 fully saturated rings. The fourth-order valence-corrected chi connectivity index (χ4v) is 3.96. The highest BCUT2D eigenvalue weighted by Crippen LogP contribution is 2.25. The monoisotopic (exact) mass is 421 g/mol. The number of nitrogens with zero attached hydrogens (tertiary/aromatic N) is 5. The molecule has 0 saturated heterocycles. The van der Waals surface area contributed by atoms with Gasteiger partial charge in [-0.15, -0.1) is 5.10 Å². The molecular weight excluding hydrogens is 402 g/mol. The van der Waals surface area contributed by atoms with Gasteiger partial charge in [-0.3, -0.25) is 9.36 Å². The van der Waals surface area contributed by atoms with E-state index in [1.54, 1.807) is 45.9 Å². The summed E-state index contributed by atoms with van der Waals surface area (Å²) in [6, 6.07) is 13.1. The highest BCUT2D eigenvalue weighted by molar-refractivity contribution is 6.30. The molecule has 0 amide bonds. The van der Waals surface area contributed by atoms with Crippen LogP contribution in [0.3, 0.4) is 0 Å². The molecule has 4 aromatic rings. The summed E-state index contributed by atoms with van der Waals surface area (Å²) in [5.41, 5.74) is 1.39. The van der Waals surface area contributed by atoms with Gasteiger partial charge in [0.05, 0.1) is 11.9 Å². The number of rotatable bonds is 5. The Bertz CT molecular complexity index is 1230. The molecule has 152 valence electrons. The summed E-state index contributed by atoms with van der Waals surface area (Å²) in [6.45, 7) is 0. The number of pyridine rings is 3. The van der Waals surface area contributed by atoms with Crippen LogP contribution < -0.4 is 16.2 Å². The predicted octanol–water partition coefficient (Wildman–Crippen LogP) is 3.37. The molecule has 4 aromatic heterocycles. The van der Waals surface area contributed by atoms with Gasteiger partial charge in [0.15, 0.2) is 5.65 Å². The molecule has 9 heteroatoms. The average Bonchev–Trinajstić information content (AvgIpc) is 3.35. The topological polar surface area (TPSA) is 89.1 Å². The third kappa shape index (κ3) is 3.86. The van der Waals surface area contributed by atoms with Crippen molar-refractivity contribution < 1.29 is 0 Å². The van der Waals surface area contributed by atoms with Crippen molar-refractivity contribution in [1.29, 1.82) is 0 Å². The van der Waals surface area contributed by atoms with Gasteiger partial charge in [0, 0.05) is 41.6 Å². The third-order valence-electron chi connectivity index (χ3n) is 5.27. The molecule has 2 N–H and O–H groups in total. The second-order valence-corrected chi connectivity index (χ2v) is 7.83. The Morgan fingerprint density at radius 1 is 1.03 bits per heavy atom. The van der Waals surface area contributed by atoms with Gasteiger partial charge in [-0.2, -0.15) is 4.98 Å². The third-order valence-corrected chi connectivity index (χ3v) is 5.50. The lowest BCUT2D eigenvalue weighted by atomic mass is 10.2. The predicted molar refractivity (Wildman–Crippen MR) is 117 cm³/mol. The molecule has 30 heavy (non-hydrogen) atoms. The van der Waals surface area contributed by atoms with Gasteiger partial charge in [-0.25, -0.2) is 9.50 Å². The van der Waals surface area contributed by atoms with Crippen molar-refractivity contribution in [2.24, 2.45) is 0 Å². The first-order valence-electron chi connectivity index (χ1n) is 9.83. The zero-order chi connectivity index (χ0) is 20.5. The molecule has 0 aliphatic heterocycles. The number of hydrogen-bond donors (Lipinski definition) is 2. The van der Waals surface area contributed by atoms with Gasteiger partial charge < -0.3 is 10.6 Å². The van der Waals surface area contributed by atoms with E-state index in [0.29, 0.717) is 17.0 Å². The number of aromatic nitrogens is 5. The van der Waals surface area contributed by atoms with Crippen LogP contribution in [0.15, 0.2) is 65.8 Å². The maximum absolute atomic E-state index is 11.9. The Labute approximate surface area is 177 Å². The van der Waals surface area contributed by atoms with E-state index in [-0.39, 0.29) is 11.6 Å². The molecule has 0 spiro atoms. The summed E-state index contributed by atoms with van der Waals surface area (Å²) >= 11 is 6.01. The number of hydrogen-bond acceptors (Lipinski definition) is 6. The van der Waals surface area contributed by atoms with Crippen LogP contribution in [0.5, 0.6) is 0 Å². The quantitative estimate of drug-likeness (QED) is 0.513. The summed E-state index contributed by atoms with van der Waals surface area (Å²) in [5, 5.41) is 12.0. The van der Waals surface area contributed by atoms with E-state index in [1.807, 2.05) is 18.2 Å². The Morgan fingerprint density at radius 2 is 1.90 bits per heavy atom. The van der Waals surface area contributed by atoms with Crippen LogP contribution in [-0.2, 0) is 0 Å². The molecule has 0 aromatic carbocycles. The highest BCUT2D eigenvalue weighted by atomic mass is 35.5. The Kier molecular flexibility index (Phi) is 4.84. The van der Waals surface area contributed by atoms with E-state index in [1.165, 1.54) is 6.07 Å². The fraction of sp³-hybridized carbons (Fsp3) is 0.238. The highest BCUT2D eigenvalue weighted by Gasteiger charge is 2.25. The van der Waals surface area contributed by atoms with Crippen molar-refractivity contribution in [1.82, 2.24) is 24.1 Å². The molecule has 1 aliphatic rings. The van der Waals surface area contributed by atoms with E-state index >= 15 is 0 Å². The molecule has 1 aliphatic carbocycles. The smallest absolute Gasteiger partial charge is 0.255 e. The van der Waals surface area contributed by atoms with Crippen LogP contribution in [-0.4, -0.2) is 36.2 Å². The minimum absolute atomic E-state index is 0.0763.